The quantitative estimate of drug-likeness (QED) is 0.0958. The Bertz CT molecular complexity index is 3080. The number of esters is 15. The van der Waals surface area contributed by atoms with Gasteiger partial charge < -0.3 is 75.8 Å². The van der Waals surface area contributed by atoms with Crippen LogP contribution in [0.25, 0.3) is 0 Å². The van der Waals surface area contributed by atoms with Gasteiger partial charge in [-0.15, -0.1) is 0 Å². The SMILES string of the molecule is C=C(C)C(=O)OCC(=O)OC12CC3CC(C1)OC(=O)C(C3)C2.C=C(C)C(=O)OCC(=O)OC1CC2CC1C1C(=O)OCC21.C=C(C)C(=O)OCC(=O)OC1CC2OC1C1C(=O)OCC21.C=C(C)C(=O)OCC(=O)OC1CCOC1=O.C=C(C)C(=O)OCC(=O)OC1COC(=O)C1. The topological polar surface area (TPSA) is 404 Å². The van der Waals surface area contributed by atoms with Crippen LogP contribution in [0.5, 0.6) is 0 Å². The Balaban J connectivity index is 0.000000171. The summed E-state index contributed by atoms with van der Waals surface area (Å²) < 4.78 is 79.7. The van der Waals surface area contributed by atoms with E-state index in [1.807, 2.05) is 0 Å². The van der Waals surface area contributed by atoms with E-state index in [1.54, 1.807) is 0 Å². The highest BCUT2D eigenvalue weighted by atomic mass is 16.7. The third-order valence-corrected chi connectivity index (χ3v) is 17.2. The normalized spacial score (nSPS) is 30.2. The monoisotopic (exact) mass is 1350 g/mol. The third-order valence-electron chi connectivity index (χ3n) is 17.2. The maximum atomic E-state index is 12.0. The number of carbonyl (C=O) groups is 15. The van der Waals surface area contributed by atoms with Gasteiger partial charge in [-0.3, -0.25) is 19.2 Å². The summed E-state index contributed by atoms with van der Waals surface area (Å²) in [5.74, 6) is -7.60. The molecule has 0 N–H and O–H groups in total. The van der Waals surface area contributed by atoms with Gasteiger partial charge >= 0.3 is 89.5 Å². The number of ether oxygens (including phenoxy) is 16. The lowest BCUT2D eigenvalue weighted by atomic mass is 9.65. The average Bonchev–Trinajstić information content (AvgIpc) is 1.59. The van der Waals surface area contributed by atoms with Crippen LogP contribution < -0.4 is 0 Å². The van der Waals surface area contributed by atoms with E-state index in [4.69, 9.17) is 56.8 Å². The number of hydrogen-bond acceptors (Lipinski definition) is 31. The van der Waals surface area contributed by atoms with Crippen LogP contribution in [-0.4, -0.2) is 197 Å². The van der Waals surface area contributed by atoms with Gasteiger partial charge in [0.25, 0.3) is 0 Å². The van der Waals surface area contributed by atoms with E-state index in [1.165, 1.54) is 34.6 Å². The largest absolute Gasteiger partial charge is 0.465 e. The molecule has 31 heteroatoms. The van der Waals surface area contributed by atoms with E-state index in [0.29, 0.717) is 56.7 Å². The molecule has 12 aliphatic rings. The number of carbonyl (C=O) groups excluding carboxylic acids is 15. The lowest BCUT2D eigenvalue weighted by Gasteiger charge is -2.45. The summed E-state index contributed by atoms with van der Waals surface area (Å²) in [4.78, 5) is 170. The highest BCUT2D eigenvalue weighted by Crippen LogP contribution is 2.56. The minimum Gasteiger partial charge on any atom is -0.465 e. The number of cyclic esters (lactones) is 4. The van der Waals surface area contributed by atoms with E-state index in [9.17, 15) is 71.9 Å². The summed E-state index contributed by atoms with van der Waals surface area (Å²) in [6, 6.07) is 0. The van der Waals surface area contributed by atoms with Crippen LogP contribution in [0.15, 0.2) is 60.8 Å². The molecule has 31 nitrogen and oxygen atoms in total. The molecule has 96 heavy (non-hydrogen) atoms. The fourth-order valence-electron chi connectivity index (χ4n) is 13.1. The van der Waals surface area contributed by atoms with Gasteiger partial charge in [-0.25, -0.2) is 52.7 Å². The Morgan fingerprint density at radius 1 is 0.469 bits per heavy atom. The van der Waals surface area contributed by atoms with Gasteiger partial charge in [0.05, 0.1) is 50.1 Å². The zero-order valence-corrected chi connectivity index (χ0v) is 53.8. The molecule has 16 atom stereocenters. The molecule has 12 fully saturated rings. The fourth-order valence-corrected chi connectivity index (χ4v) is 13.1. The molecule has 16 unspecified atom stereocenters. The van der Waals surface area contributed by atoms with Gasteiger partial charge in [-0.05, 0) is 78.6 Å². The van der Waals surface area contributed by atoms with E-state index in [2.05, 4.69) is 51.8 Å². The van der Waals surface area contributed by atoms with Gasteiger partial charge in [-0.2, -0.15) is 0 Å². The van der Waals surface area contributed by atoms with Crippen molar-refractivity contribution in [3.05, 3.63) is 60.8 Å². The third kappa shape index (κ3) is 19.9. The molecule has 8 saturated heterocycles. The summed E-state index contributed by atoms with van der Waals surface area (Å²) in [6.07, 6.45) is 3.16. The Hall–Kier alpha value is -9.29. The maximum absolute atomic E-state index is 12.0. The van der Waals surface area contributed by atoms with Gasteiger partial charge in [-0.1, -0.05) is 32.9 Å². The van der Waals surface area contributed by atoms with Crippen LogP contribution in [0.2, 0.25) is 0 Å². The second-order valence-electron chi connectivity index (χ2n) is 25.0. The second kappa shape index (κ2) is 32.9. The lowest BCUT2D eigenvalue weighted by molar-refractivity contribution is -0.180. The molecular formula is C65H78O31. The average molecular weight is 1360 g/mol. The summed E-state index contributed by atoms with van der Waals surface area (Å²) in [7, 11) is 0. The predicted molar refractivity (Wildman–Crippen MR) is 314 cm³/mol. The van der Waals surface area contributed by atoms with Gasteiger partial charge in [0.2, 0.25) is 6.10 Å². The summed E-state index contributed by atoms with van der Waals surface area (Å²) in [6.45, 7) is 23.3. The Morgan fingerprint density at radius 2 is 0.969 bits per heavy atom. The van der Waals surface area contributed by atoms with Crippen molar-refractivity contribution in [2.75, 3.05) is 59.5 Å². The minimum absolute atomic E-state index is 0.0418. The van der Waals surface area contributed by atoms with Crippen LogP contribution in [0.3, 0.4) is 0 Å². The number of fused-ring (bicyclic) bond motifs is 11. The molecular weight excluding hydrogens is 1280 g/mol. The number of hydrogen-bond donors (Lipinski definition) is 0. The number of rotatable bonds is 20. The van der Waals surface area contributed by atoms with E-state index < -0.39 is 135 Å². The standard InChI is InChI=1S/C16H20O6.C15H18O6.C14H16O7.2C10H12O6/c1-9(2)14(18)20-8-13(17)22-16-5-10-3-11(6-16)15(19)21-12(4-10)7-16;1-7(2)14(17)20-6-12(16)21-11-4-8-3-9(11)13-10(8)5-19-15(13)18;1-6(2)13(16)19-5-10(15)20-9-3-8-7-4-18-14(17)11(7)12(9)21-8;1-6(2)10(13)15-5-9(12)16-7-3-8(11)14-4-7;1-6(2)9(12)15-5-8(11)16-7-3-4-14-10(7)13/h10-12H,1,3-8H2,2H3;8-11,13H,1,3-6H2,2H3;7-9,11-12H,1,3-5H2,2H3;2*7H,1,3-5H2,2H3. The van der Waals surface area contributed by atoms with Crippen LogP contribution in [0.4, 0.5) is 0 Å². The Labute approximate surface area is 550 Å². The lowest BCUT2D eigenvalue weighted by Crippen LogP contribution is -2.48. The van der Waals surface area contributed by atoms with Crippen molar-refractivity contribution in [3.8, 4) is 0 Å². The molecule has 4 aliphatic carbocycles. The second-order valence-corrected chi connectivity index (χ2v) is 25.0. The molecule has 0 spiro atoms. The van der Waals surface area contributed by atoms with Crippen molar-refractivity contribution in [2.45, 2.75) is 147 Å². The summed E-state index contributed by atoms with van der Waals surface area (Å²) in [5.41, 5.74) is 0.426. The van der Waals surface area contributed by atoms with Crippen LogP contribution >= 0.6 is 0 Å². The van der Waals surface area contributed by atoms with E-state index in [0.717, 1.165) is 32.1 Å². The van der Waals surface area contributed by atoms with E-state index in [-0.39, 0.29) is 113 Å². The van der Waals surface area contributed by atoms with Gasteiger partial charge in [0, 0.05) is 71.3 Å². The van der Waals surface area contributed by atoms with Crippen molar-refractivity contribution in [2.24, 2.45) is 47.3 Å². The van der Waals surface area contributed by atoms with Crippen molar-refractivity contribution in [1.82, 2.24) is 0 Å². The summed E-state index contributed by atoms with van der Waals surface area (Å²) in [5, 5.41) is 0. The zero-order valence-electron chi connectivity index (χ0n) is 53.8. The van der Waals surface area contributed by atoms with Crippen molar-refractivity contribution in [3.63, 3.8) is 0 Å². The molecule has 0 aromatic rings. The van der Waals surface area contributed by atoms with Crippen molar-refractivity contribution in [1.29, 1.82) is 0 Å². The van der Waals surface area contributed by atoms with Gasteiger partial charge in [0.1, 0.15) is 42.7 Å². The van der Waals surface area contributed by atoms with E-state index >= 15 is 0 Å². The fraction of sp³-hybridized carbons (Fsp3) is 0.615. The molecule has 0 radical (unpaired) electrons. The van der Waals surface area contributed by atoms with Crippen LogP contribution in [0, 0.1) is 47.3 Å². The smallest absolute Gasteiger partial charge is 0.347 e. The first-order valence-electron chi connectivity index (χ1n) is 30.9. The zero-order chi connectivity index (χ0) is 70.5. The first-order valence-corrected chi connectivity index (χ1v) is 30.9. The molecule has 0 amide bonds. The van der Waals surface area contributed by atoms with Crippen LogP contribution in [-0.2, 0) is 148 Å². The van der Waals surface area contributed by atoms with Crippen molar-refractivity contribution >= 4 is 89.5 Å². The predicted octanol–water partition coefficient (Wildman–Crippen LogP) is 2.28. The maximum Gasteiger partial charge on any atom is 0.347 e. The molecule has 0 aromatic heterocycles. The summed E-state index contributed by atoms with van der Waals surface area (Å²) >= 11 is 0. The Morgan fingerprint density at radius 3 is 1.48 bits per heavy atom. The molecule has 524 valence electrons. The molecule has 12 rings (SSSR count). The molecule has 8 bridgehead atoms. The Kier molecular flexibility index (Phi) is 25.4. The molecule has 4 saturated carbocycles. The molecule has 0 aromatic carbocycles. The highest BCUT2D eigenvalue weighted by molar-refractivity contribution is 5.91. The molecule has 8 aliphatic heterocycles. The first kappa shape index (κ1) is 74.1. The first-order chi connectivity index (χ1) is 45.3. The molecule has 8 heterocycles. The highest BCUT2D eigenvalue weighted by Gasteiger charge is 2.63. The minimum atomic E-state index is -0.879. The van der Waals surface area contributed by atoms with Crippen LogP contribution in [0.1, 0.15) is 98.8 Å². The van der Waals surface area contributed by atoms with Crippen molar-refractivity contribution < 1.29 is 148 Å². The van der Waals surface area contributed by atoms with Gasteiger partial charge in [0.15, 0.2) is 33.0 Å².